The lowest BCUT2D eigenvalue weighted by molar-refractivity contribution is -0.136. The van der Waals surface area contributed by atoms with Crippen molar-refractivity contribution in [2.75, 3.05) is 45.9 Å². The topological polar surface area (TPSA) is 91.0 Å². The fourth-order valence-corrected chi connectivity index (χ4v) is 7.28. The van der Waals surface area contributed by atoms with Gasteiger partial charge in [-0.2, -0.15) is 0 Å². The first kappa shape index (κ1) is 30.6. The van der Waals surface area contributed by atoms with Crippen LogP contribution in [0.4, 0.5) is 0 Å². The number of ether oxygens (including phenoxy) is 1. The molecule has 222 valence electrons. The molecule has 0 aliphatic carbocycles. The molecule has 2 heterocycles. The second-order valence-corrected chi connectivity index (χ2v) is 12.6. The van der Waals surface area contributed by atoms with Crippen molar-refractivity contribution in [3.05, 3.63) is 81.8 Å². The molecule has 0 bridgehead atoms. The molecule has 2 fully saturated rings. The molecule has 0 saturated carbocycles. The lowest BCUT2D eigenvalue weighted by Crippen LogP contribution is -2.42. The Morgan fingerprint density at radius 1 is 0.952 bits per heavy atom. The summed E-state index contributed by atoms with van der Waals surface area (Å²) < 4.78 is 5.38. The van der Waals surface area contributed by atoms with Gasteiger partial charge in [-0.1, -0.05) is 65.7 Å². The van der Waals surface area contributed by atoms with Crippen LogP contribution in [0.1, 0.15) is 29.3 Å². The van der Waals surface area contributed by atoms with Crippen molar-refractivity contribution in [1.29, 1.82) is 0 Å². The fourth-order valence-electron chi connectivity index (χ4n) is 5.31. The highest BCUT2D eigenvalue weighted by atomic mass is 35.5. The van der Waals surface area contributed by atoms with Crippen molar-refractivity contribution in [2.45, 2.75) is 30.0 Å². The minimum absolute atomic E-state index is 0.00324. The summed E-state index contributed by atoms with van der Waals surface area (Å²) in [5.41, 5.74) is 1.72. The maximum absolute atomic E-state index is 13.6. The number of carbonyl (C=O) groups is 3. The maximum atomic E-state index is 13.6. The van der Waals surface area contributed by atoms with Crippen LogP contribution in [0.25, 0.3) is 10.8 Å². The number of morpholine rings is 1. The summed E-state index contributed by atoms with van der Waals surface area (Å²) in [5.74, 6) is -0.735. The SMILES string of the molecule is O=C(C[C@H]1S[C@H](c2cc(Cl)cc(Cl)c2)N(CC(=O)NCCCN2CCOCC2)C1=O)NCc1cccc2ccccc12. The monoisotopic (exact) mass is 628 g/mol. The van der Waals surface area contributed by atoms with Crippen LogP contribution in [-0.2, 0) is 25.7 Å². The zero-order valence-corrected chi connectivity index (χ0v) is 25.5. The highest BCUT2D eigenvalue weighted by molar-refractivity contribution is 8.01. The van der Waals surface area contributed by atoms with Crippen LogP contribution in [0.2, 0.25) is 10.0 Å². The van der Waals surface area contributed by atoms with Gasteiger partial charge in [-0.15, -0.1) is 11.8 Å². The molecular weight excluding hydrogens is 595 g/mol. The van der Waals surface area contributed by atoms with Crippen LogP contribution in [0.3, 0.4) is 0 Å². The zero-order valence-electron chi connectivity index (χ0n) is 23.2. The Kier molecular flexibility index (Phi) is 10.6. The van der Waals surface area contributed by atoms with Crippen molar-refractivity contribution in [3.63, 3.8) is 0 Å². The van der Waals surface area contributed by atoms with Crippen molar-refractivity contribution < 1.29 is 19.1 Å². The van der Waals surface area contributed by atoms with Crippen LogP contribution < -0.4 is 10.6 Å². The molecule has 3 aromatic carbocycles. The number of halogens is 2. The molecule has 42 heavy (non-hydrogen) atoms. The number of carbonyl (C=O) groups excluding carboxylic acids is 3. The number of fused-ring (bicyclic) bond motifs is 1. The van der Waals surface area contributed by atoms with E-state index in [0.717, 1.165) is 55.6 Å². The number of hydrogen-bond acceptors (Lipinski definition) is 6. The van der Waals surface area contributed by atoms with Crippen molar-refractivity contribution in [2.24, 2.45) is 0 Å². The molecule has 2 atom stereocenters. The predicted octanol–water partition coefficient (Wildman–Crippen LogP) is 4.63. The summed E-state index contributed by atoms with van der Waals surface area (Å²) in [4.78, 5) is 43.3. The Morgan fingerprint density at radius 2 is 1.69 bits per heavy atom. The van der Waals surface area contributed by atoms with Crippen LogP contribution >= 0.6 is 35.0 Å². The maximum Gasteiger partial charge on any atom is 0.239 e. The van der Waals surface area contributed by atoms with Gasteiger partial charge in [0, 0.05) is 42.6 Å². The van der Waals surface area contributed by atoms with Crippen LogP contribution in [-0.4, -0.2) is 78.7 Å². The first-order valence-corrected chi connectivity index (χ1v) is 15.8. The van der Waals surface area contributed by atoms with Gasteiger partial charge in [-0.05, 0) is 53.1 Å². The average Bonchev–Trinajstić information content (AvgIpc) is 3.28. The van der Waals surface area contributed by atoms with Crippen LogP contribution in [0.5, 0.6) is 0 Å². The first-order valence-electron chi connectivity index (χ1n) is 14.1. The molecule has 0 aromatic heterocycles. The largest absolute Gasteiger partial charge is 0.379 e. The van der Waals surface area contributed by atoms with E-state index in [1.165, 1.54) is 16.7 Å². The van der Waals surface area contributed by atoms with Gasteiger partial charge in [0.15, 0.2) is 0 Å². The smallest absolute Gasteiger partial charge is 0.239 e. The summed E-state index contributed by atoms with van der Waals surface area (Å²) in [5, 5.41) is 7.83. The third-order valence-electron chi connectivity index (χ3n) is 7.42. The Labute approximate surface area is 260 Å². The number of thioether (sulfide) groups is 1. The van der Waals surface area contributed by atoms with Gasteiger partial charge in [0.25, 0.3) is 0 Å². The third kappa shape index (κ3) is 7.96. The van der Waals surface area contributed by atoms with E-state index < -0.39 is 10.6 Å². The van der Waals surface area contributed by atoms with E-state index in [-0.39, 0.29) is 30.7 Å². The molecule has 0 radical (unpaired) electrons. The Hall–Kier alpha value is -2.82. The highest BCUT2D eigenvalue weighted by Crippen LogP contribution is 2.45. The van der Waals surface area contributed by atoms with E-state index in [4.69, 9.17) is 27.9 Å². The number of benzene rings is 3. The van der Waals surface area contributed by atoms with Gasteiger partial charge in [0.2, 0.25) is 17.7 Å². The van der Waals surface area contributed by atoms with Crippen LogP contribution in [0, 0.1) is 0 Å². The quantitative estimate of drug-likeness (QED) is 0.301. The third-order valence-corrected chi connectivity index (χ3v) is 9.34. The van der Waals surface area contributed by atoms with Gasteiger partial charge in [0.1, 0.15) is 11.9 Å². The van der Waals surface area contributed by atoms with Crippen molar-refractivity contribution >= 4 is 63.5 Å². The summed E-state index contributed by atoms with van der Waals surface area (Å²) >= 11 is 13.9. The lowest BCUT2D eigenvalue weighted by atomic mass is 10.0. The normalized spacial score (nSPS) is 19.3. The molecule has 0 unspecified atom stereocenters. The molecular formula is C31H34Cl2N4O4S. The molecule has 3 amide bonds. The molecule has 8 nitrogen and oxygen atoms in total. The highest BCUT2D eigenvalue weighted by Gasteiger charge is 2.42. The number of rotatable bonds is 11. The van der Waals surface area contributed by atoms with E-state index in [0.29, 0.717) is 28.7 Å². The first-order chi connectivity index (χ1) is 20.4. The van der Waals surface area contributed by atoms with Gasteiger partial charge >= 0.3 is 0 Å². The van der Waals surface area contributed by atoms with Crippen molar-refractivity contribution in [3.8, 4) is 0 Å². The molecule has 2 N–H and O–H groups in total. The minimum atomic E-state index is -0.644. The Bertz CT molecular complexity index is 1410. The molecule has 2 aliphatic heterocycles. The van der Waals surface area contributed by atoms with Crippen molar-refractivity contribution in [1.82, 2.24) is 20.4 Å². The number of hydrogen-bond donors (Lipinski definition) is 2. The minimum Gasteiger partial charge on any atom is -0.379 e. The summed E-state index contributed by atoms with van der Waals surface area (Å²) in [6.07, 6.45) is 0.804. The standard InChI is InChI=1S/C31H34Cl2N4O4S/c32-24-15-23(16-25(33)17-24)31-37(20-29(39)34-9-4-10-36-11-13-41-14-12-36)30(40)27(42-31)18-28(38)35-19-22-7-3-6-21-5-1-2-8-26(21)22/h1-3,5-8,15-17,27,31H,4,9-14,18-20H2,(H,34,39)(H,35,38)/t27-,31-/m1/s1. The molecule has 0 spiro atoms. The number of nitrogens with one attached hydrogen (secondary N) is 2. The van der Waals surface area contributed by atoms with Gasteiger partial charge in [-0.25, -0.2) is 0 Å². The zero-order chi connectivity index (χ0) is 29.5. The second-order valence-electron chi connectivity index (χ2n) is 10.4. The Balaban J connectivity index is 1.21. The summed E-state index contributed by atoms with van der Waals surface area (Å²) in [6.45, 7) is 4.89. The number of amides is 3. The molecule has 5 rings (SSSR count). The van der Waals surface area contributed by atoms with Crippen LogP contribution in [0.15, 0.2) is 60.7 Å². The Morgan fingerprint density at radius 3 is 2.48 bits per heavy atom. The van der Waals surface area contributed by atoms with E-state index in [1.807, 2.05) is 42.5 Å². The predicted molar refractivity (Wildman–Crippen MR) is 168 cm³/mol. The van der Waals surface area contributed by atoms with E-state index in [2.05, 4.69) is 15.5 Å². The molecule has 3 aromatic rings. The summed E-state index contributed by atoms with van der Waals surface area (Å²) in [7, 11) is 0. The van der Waals surface area contributed by atoms with Gasteiger partial charge < -0.3 is 20.3 Å². The lowest BCUT2D eigenvalue weighted by Gasteiger charge is -2.26. The van der Waals surface area contributed by atoms with Gasteiger partial charge in [-0.3, -0.25) is 19.3 Å². The molecule has 11 heteroatoms. The fraction of sp³-hybridized carbons (Fsp3) is 0.387. The van der Waals surface area contributed by atoms with E-state index in [9.17, 15) is 14.4 Å². The molecule has 2 saturated heterocycles. The average molecular weight is 630 g/mol. The molecule has 2 aliphatic rings. The van der Waals surface area contributed by atoms with E-state index >= 15 is 0 Å². The van der Waals surface area contributed by atoms with E-state index in [1.54, 1.807) is 18.2 Å². The van der Waals surface area contributed by atoms with Gasteiger partial charge in [0.05, 0.1) is 18.5 Å². The summed E-state index contributed by atoms with van der Waals surface area (Å²) in [6, 6.07) is 19.1. The second kappa shape index (κ2) is 14.6. The number of nitrogens with zero attached hydrogens (tertiary/aromatic N) is 2.